The minimum atomic E-state index is 0.640. The van der Waals surface area contributed by atoms with Gasteiger partial charge in [0.25, 0.3) is 0 Å². The molecule has 0 bridgehead atoms. The van der Waals surface area contributed by atoms with Crippen LogP contribution in [0.1, 0.15) is 33.8 Å². The van der Waals surface area contributed by atoms with E-state index < -0.39 is 0 Å². The Kier molecular flexibility index (Phi) is 4.49. The number of aromatic nitrogens is 3. The summed E-state index contributed by atoms with van der Waals surface area (Å²) in [6, 6.07) is 2.29. The van der Waals surface area contributed by atoms with E-state index in [0.29, 0.717) is 11.4 Å². The normalized spacial score (nSPS) is 15.5. The van der Waals surface area contributed by atoms with Crippen molar-refractivity contribution in [3.63, 3.8) is 0 Å². The van der Waals surface area contributed by atoms with Crippen LogP contribution >= 0.6 is 0 Å². The highest BCUT2D eigenvalue weighted by Gasteiger charge is 2.23. The van der Waals surface area contributed by atoms with Crippen molar-refractivity contribution in [1.82, 2.24) is 20.3 Å². The molecular formula is C17H22N6O. The van der Waals surface area contributed by atoms with Crippen LogP contribution < -0.4 is 4.90 Å². The van der Waals surface area contributed by atoms with Gasteiger partial charge in [-0.2, -0.15) is 10.4 Å². The van der Waals surface area contributed by atoms with E-state index in [2.05, 4.69) is 31.2 Å². The number of piperazine rings is 1. The largest absolute Gasteiger partial charge is 0.361 e. The standard InChI is InChI=1S/C17H22N6O/c1-11-12(2)19-20-17(15(11)9-18)23-7-5-22(6-8-23)10-16-13(3)21-24-14(16)4/h5-8,10H2,1-4H3. The maximum Gasteiger partial charge on any atom is 0.169 e. The van der Waals surface area contributed by atoms with Crippen molar-refractivity contribution in [2.75, 3.05) is 31.1 Å². The van der Waals surface area contributed by atoms with Gasteiger partial charge in [-0.1, -0.05) is 5.16 Å². The molecule has 1 aliphatic rings. The van der Waals surface area contributed by atoms with Gasteiger partial charge in [0, 0.05) is 38.3 Å². The Morgan fingerprint density at radius 1 is 1.04 bits per heavy atom. The average molecular weight is 326 g/mol. The third-order valence-electron chi connectivity index (χ3n) is 4.78. The Bertz CT molecular complexity index is 764. The molecular weight excluding hydrogens is 304 g/mol. The third-order valence-corrected chi connectivity index (χ3v) is 4.78. The van der Waals surface area contributed by atoms with Gasteiger partial charge in [-0.25, -0.2) is 0 Å². The quantitative estimate of drug-likeness (QED) is 0.852. The number of rotatable bonds is 3. The van der Waals surface area contributed by atoms with E-state index in [9.17, 15) is 5.26 Å². The first kappa shape index (κ1) is 16.4. The van der Waals surface area contributed by atoms with Crippen LogP contribution in [0.3, 0.4) is 0 Å². The van der Waals surface area contributed by atoms with E-state index in [4.69, 9.17) is 4.52 Å². The molecule has 0 amide bonds. The Hall–Kier alpha value is -2.46. The van der Waals surface area contributed by atoms with Gasteiger partial charge in [-0.15, -0.1) is 5.10 Å². The van der Waals surface area contributed by atoms with Crippen molar-refractivity contribution in [3.8, 4) is 6.07 Å². The first-order chi connectivity index (χ1) is 11.5. The van der Waals surface area contributed by atoms with Crippen molar-refractivity contribution in [2.24, 2.45) is 0 Å². The molecule has 0 saturated carbocycles. The topological polar surface area (TPSA) is 82.1 Å². The van der Waals surface area contributed by atoms with E-state index >= 15 is 0 Å². The van der Waals surface area contributed by atoms with Crippen LogP contribution in [0.5, 0.6) is 0 Å². The highest BCUT2D eigenvalue weighted by atomic mass is 16.5. The summed E-state index contributed by atoms with van der Waals surface area (Å²) in [6.07, 6.45) is 0. The van der Waals surface area contributed by atoms with Gasteiger partial charge >= 0.3 is 0 Å². The minimum Gasteiger partial charge on any atom is -0.361 e. The van der Waals surface area contributed by atoms with Crippen LogP contribution in [0.15, 0.2) is 4.52 Å². The fourth-order valence-corrected chi connectivity index (χ4v) is 3.02. The lowest BCUT2D eigenvalue weighted by atomic mass is 10.1. The lowest BCUT2D eigenvalue weighted by Crippen LogP contribution is -2.46. The Labute approximate surface area is 141 Å². The molecule has 0 atom stereocenters. The highest BCUT2D eigenvalue weighted by Crippen LogP contribution is 2.23. The Morgan fingerprint density at radius 3 is 2.33 bits per heavy atom. The number of nitriles is 1. The molecule has 24 heavy (non-hydrogen) atoms. The number of nitrogens with zero attached hydrogens (tertiary/aromatic N) is 6. The van der Waals surface area contributed by atoms with Crippen molar-refractivity contribution in [2.45, 2.75) is 34.2 Å². The number of aryl methyl sites for hydroxylation is 3. The van der Waals surface area contributed by atoms with Crippen LogP contribution in [0, 0.1) is 39.0 Å². The maximum absolute atomic E-state index is 9.47. The molecule has 0 unspecified atom stereocenters. The predicted molar refractivity (Wildman–Crippen MR) is 89.7 cm³/mol. The molecule has 0 aromatic carbocycles. The minimum absolute atomic E-state index is 0.640. The maximum atomic E-state index is 9.47. The zero-order valence-corrected chi connectivity index (χ0v) is 14.6. The molecule has 0 spiro atoms. The smallest absolute Gasteiger partial charge is 0.169 e. The van der Waals surface area contributed by atoms with E-state index in [-0.39, 0.29) is 0 Å². The van der Waals surface area contributed by atoms with Crippen LogP contribution in [-0.2, 0) is 6.54 Å². The summed E-state index contributed by atoms with van der Waals surface area (Å²) in [5, 5.41) is 21.9. The zero-order chi connectivity index (χ0) is 17.3. The fourth-order valence-electron chi connectivity index (χ4n) is 3.02. The first-order valence-electron chi connectivity index (χ1n) is 8.14. The van der Waals surface area contributed by atoms with E-state index in [1.165, 1.54) is 5.56 Å². The molecule has 3 rings (SSSR count). The lowest BCUT2D eigenvalue weighted by Gasteiger charge is -2.35. The first-order valence-corrected chi connectivity index (χ1v) is 8.14. The van der Waals surface area contributed by atoms with Crippen molar-refractivity contribution in [1.29, 1.82) is 5.26 Å². The molecule has 1 fully saturated rings. The third kappa shape index (κ3) is 2.97. The van der Waals surface area contributed by atoms with Gasteiger partial charge in [0.2, 0.25) is 0 Å². The number of hydrogen-bond acceptors (Lipinski definition) is 7. The molecule has 3 heterocycles. The van der Waals surface area contributed by atoms with Gasteiger partial charge < -0.3 is 9.42 Å². The zero-order valence-electron chi connectivity index (χ0n) is 14.6. The molecule has 1 aliphatic heterocycles. The molecule has 0 radical (unpaired) electrons. The summed E-state index contributed by atoms with van der Waals surface area (Å²) in [7, 11) is 0. The second kappa shape index (κ2) is 6.57. The number of hydrogen-bond donors (Lipinski definition) is 0. The van der Waals surface area contributed by atoms with Crippen LogP contribution in [0.4, 0.5) is 5.82 Å². The molecule has 7 nitrogen and oxygen atoms in total. The SMILES string of the molecule is Cc1nnc(N2CCN(Cc3c(C)noc3C)CC2)c(C#N)c1C. The van der Waals surface area contributed by atoms with Crippen molar-refractivity contribution in [3.05, 3.63) is 33.8 Å². The van der Waals surface area contributed by atoms with E-state index in [1.807, 2.05) is 27.7 Å². The summed E-state index contributed by atoms with van der Waals surface area (Å²) < 4.78 is 5.24. The second-order valence-corrected chi connectivity index (χ2v) is 6.29. The molecule has 1 saturated heterocycles. The Balaban J connectivity index is 1.70. The molecule has 0 aliphatic carbocycles. The molecule has 0 N–H and O–H groups in total. The summed E-state index contributed by atoms with van der Waals surface area (Å²) in [5.74, 6) is 1.60. The number of anilines is 1. The van der Waals surface area contributed by atoms with Crippen LogP contribution in [0.2, 0.25) is 0 Å². The van der Waals surface area contributed by atoms with Gasteiger partial charge in [0.15, 0.2) is 5.82 Å². The molecule has 7 heteroatoms. The molecule has 2 aromatic rings. The average Bonchev–Trinajstić information content (AvgIpc) is 2.90. The predicted octanol–water partition coefficient (Wildman–Crippen LogP) is 1.89. The fraction of sp³-hybridized carbons (Fsp3) is 0.529. The van der Waals surface area contributed by atoms with E-state index in [1.54, 1.807) is 0 Å². The van der Waals surface area contributed by atoms with Crippen molar-refractivity contribution >= 4 is 5.82 Å². The molecule has 2 aromatic heterocycles. The van der Waals surface area contributed by atoms with Gasteiger partial charge in [-0.05, 0) is 33.3 Å². The summed E-state index contributed by atoms with van der Waals surface area (Å²) >= 11 is 0. The van der Waals surface area contributed by atoms with E-state index in [0.717, 1.165) is 55.4 Å². The van der Waals surface area contributed by atoms with Gasteiger partial charge in [0.05, 0.1) is 11.4 Å². The highest BCUT2D eigenvalue weighted by molar-refractivity contribution is 5.57. The van der Waals surface area contributed by atoms with Gasteiger partial charge in [0.1, 0.15) is 17.4 Å². The van der Waals surface area contributed by atoms with Crippen LogP contribution in [-0.4, -0.2) is 46.4 Å². The van der Waals surface area contributed by atoms with Crippen molar-refractivity contribution < 1.29 is 4.52 Å². The lowest BCUT2D eigenvalue weighted by molar-refractivity contribution is 0.247. The molecule has 126 valence electrons. The van der Waals surface area contributed by atoms with Crippen LogP contribution in [0.25, 0.3) is 0 Å². The Morgan fingerprint density at radius 2 is 1.75 bits per heavy atom. The second-order valence-electron chi connectivity index (χ2n) is 6.29. The van der Waals surface area contributed by atoms with Gasteiger partial charge in [-0.3, -0.25) is 4.90 Å². The summed E-state index contributed by atoms with van der Waals surface area (Å²) in [5.41, 5.74) is 4.50. The summed E-state index contributed by atoms with van der Waals surface area (Å²) in [4.78, 5) is 4.53. The summed E-state index contributed by atoms with van der Waals surface area (Å²) in [6.45, 7) is 12.1. The monoisotopic (exact) mass is 326 g/mol.